The number of hydrogen-bond donors (Lipinski definition) is 2. The largest absolute Gasteiger partial charge is 0.489 e. The number of anilines is 1. The van der Waals surface area contributed by atoms with Crippen LogP contribution in [-0.4, -0.2) is 36.2 Å². The summed E-state index contributed by atoms with van der Waals surface area (Å²) < 4.78 is 5.45. The molecule has 1 amide bonds. The van der Waals surface area contributed by atoms with Crippen LogP contribution in [0.3, 0.4) is 0 Å². The molecule has 0 fully saturated rings. The van der Waals surface area contributed by atoms with E-state index in [1.807, 2.05) is 20.8 Å². The van der Waals surface area contributed by atoms with Gasteiger partial charge in [0.1, 0.15) is 12.2 Å². The van der Waals surface area contributed by atoms with Gasteiger partial charge in [-0.2, -0.15) is 0 Å². The molecule has 0 aromatic heterocycles. The molecule has 3 N–H and O–H groups in total. The van der Waals surface area contributed by atoms with E-state index in [9.17, 15) is 14.7 Å². The first-order valence-corrected chi connectivity index (χ1v) is 6.79. The van der Waals surface area contributed by atoms with Gasteiger partial charge in [-0.1, -0.05) is 26.8 Å². The van der Waals surface area contributed by atoms with Crippen LogP contribution in [0, 0.1) is 5.41 Å². The molecule has 0 saturated carbocycles. The highest BCUT2D eigenvalue weighted by atomic mass is 16.5. The molecule has 0 spiro atoms. The molecule has 1 aliphatic heterocycles. The van der Waals surface area contributed by atoms with Gasteiger partial charge in [0.25, 0.3) is 0 Å². The Hall–Kier alpha value is -2.08. The molecule has 1 aliphatic rings. The van der Waals surface area contributed by atoms with Crippen LogP contribution in [0.1, 0.15) is 31.1 Å². The molecule has 1 unspecified atom stereocenters. The van der Waals surface area contributed by atoms with Gasteiger partial charge in [-0.25, -0.2) is 4.79 Å². The second kappa shape index (κ2) is 5.37. The Balaban J connectivity index is 2.42. The first-order chi connectivity index (χ1) is 9.73. The molecule has 0 radical (unpaired) electrons. The number of carboxylic acid groups (broad SMARTS) is 1. The highest BCUT2D eigenvalue weighted by molar-refractivity contribution is 6.02. The summed E-state index contributed by atoms with van der Waals surface area (Å²) in [6.07, 6.45) is 0. The van der Waals surface area contributed by atoms with Crippen molar-refractivity contribution in [3.8, 4) is 5.75 Å². The molecule has 1 aromatic carbocycles. The van der Waals surface area contributed by atoms with E-state index in [2.05, 4.69) is 0 Å². The number of para-hydroxylation sites is 1. The highest BCUT2D eigenvalue weighted by Crippen LogP contribution is 2.36. The van der Waals surface area contributed by atoms with Crippen molar-refractivity contribution in [3.63, 3.8) is 0 Å². The third kappa shape index (κ3) is 2.85. The van der Waals surface area contributed by atoms with Crippen LogP contribution in [0.5, 0.6) is 5.75 Å². The topological polar surface area (TPSA) is 92.9 Å². The molecular formula is C15H20N2O4. The van der Waals surface area contributed by atoms with E-state index in [4.69, 9.17) is 10.5 Å². The molecule has 1 atom stereocenters. The van der Waals surface area contributed by atoms with Gasteiger partial charge in [0.2, 0.25) is 5.91 Å². The first kappa shape index (κ1) is 15.3. The van der Waals surface area contributed by atoms with E-state index in [-0.39, 0.29) is 29.2 Å². The summed E-state index contributed by atoms with van der Waals surface area (Å²) >= 11 is 0. The van der Waals surface area contributed by atoms with Crippen LogP contribution in [-0.2, 0) is 4.79 Å². The molecule has 0 aliphatic carbocycles. The predicted molar refractivity (Wildman–Crippen MR) is 78.7 cm³/mol. The minimum atomic E-state index is -1.08. The van der Waals surface area contributed by atoms with Gasteiger partial charge in [0, 0.05) is 0 Å². The molecule has 114 valence electrons. The van der Waals surface area contributed by atoms with Crippen molar-refractivity contribution >= 4 is 17.6 Å². The maximum atomic E-state index is 12.6. The third-order valence-corrected chi connectivity index (χ3v) is 3.54. The Bertz CT molecular complexity index is 578. The van der Waals surface area contributed by atoms with Gasteiger partial charge in [-0.3, -0.25) is 4.79 Å². The van der Waals surface area contributed by atoms with E-state index in [1.54, 1.807) is 12.1 Å². The second-order valence-electron chi connectivity index (χ2n) is 6.14. The molecule has 0 bridgehead atoms. The number of carboxylic acids is 1. The van der Waals surface area contributed by atoms with Crippen LogP contribution in [0.25, 0.3) is 0 Å². The molecule has 1 aromatic rings. The smallest absolute Gasteiger partial charge is 0.339 e. The summed E-state index contributed by atoms with van der Waals surface area (Å²) in [4.78, 5) is 25.3. The van der Waals surface area contributed by atoms with Gasteiger partial charge in [-0.15, -0.1) is 0 Å². The number of benzene rings is 1. The summed E-state index contributed by atoms with van der Waals surface area (Å²) in [5.74, 6) is -1.08. The lowest BCUT2D eigenvalue weighted by Crippen LogP contribution is -2.52. The van der Waals surface area contributed by atoms with E-state index in [0.29, 0.717) is 12.2 Å². The van der Waals surface area contributed by atoms with Crippen molar-refractivity contribution in [3.05, 3.63) is 23.8 Å². The third-order valence-electron chi connectivity index (χ3n) is 3.54. The van der Waals surface area contributed by atoms with Gasteiger partial charge in [0.05, 0.1) is 18.3 Å². The minimum absolute atomic E-state index is 0.0503. The lowest BCUT2D eigenvalue weighted by molar-refractivity contribution is -0.122. The Labute approximate surface area is 123 Å². The number of carbonyl (C=O) groups excluding carboxylic acids is 1. The lowest BCUT2D eigenvalue weighted by atomic mass is 9.86. The molecule has 2 rings (SSSR count). The zero-order valence-corrected chi connectivity index (χ0v) is 12.4. The monoisotopic (exact) mass is 292 g/mol. The Morgan fingerprint density at radius 3 is 2.62 bits per heavy atom. The Kier molecular flexibility index (Phi) is 3.91. The van der Waals surface area contributed by atoms with Crippen molar-refractivity contribution in [2.45, 2.75) is 26.8 Å². The molecule has 6 heteroatoms. The van der Waals surface area contributed by atoms with E-state index in [0.717, 1.165) is 0 Å². The zero-order valence-electron chi connectivity index (χ0n) is 12.4. The number of hydrogen-bond acceptors (Lipinski definition) is 4. The van der Waals surface area contributed by atoms with Gasteiger partial charge >= 0.3 is 5.97 Å². The fraction of sp³-hybridized carbons (Fsp3) is 0.467. The average molecular weight is 292 g/mol. The summed E-state index contributed by atoms with van der Waals surface area (Å²) in [6, 6.07) is 4.06. The first-order valence-electron chi connectivity index (χ1n) is 6.79. The average Bonchev–Trinajstić information content (AvgIpc) is 2.43. The van der Waals surface area contributed by atoms with Crippen molar-refractivity contribution in [1.82, 2.24) is 0 Å². The zero-order chi connectivity index (χ0) is 15.8. The normalized spacial score (nSPS) is 15.9. The van der Waals surface area contributed by atoms with Crippen molar-refractivity contribution in [1.29, 1.82) is 0 Å². The maximum absolute atomic E-state index is 12.6. The van der Waals surface area contributed by atoms with Gasteiger partial charge < -0.3 is 20.5 Å². The summed E-state index contributed by atoms with van der Waals surface area (Å²) in [5.41, 5.74) is 6.17. The van der Waals surface area contributed by atoms with Gasteiger partial charge in [0.15, 0.2) is 5.75 Å². The van der Waals surface area contributed by atoms with Crippen molar-refractivity contribution in [2.24, 2.45) is 11.1 Å². The van der Waals surface area contributed by atoms with Crippen molar-refractivity contribution < 1.29 is 19.4 Å². The molecule has 21 heavy (non-hydrogen) atoms. The second-order valence-corrected chi connectivity index (χ2v) is 6.14. The van der Waals surface area contributed by atoms with E-state index in [1.165, 1.54) is 11.0 Å². The molecule has 6 nitrogen and oxygen atoms in total. The van der Waals surface area contributed by atoms with E-state index >= 15 is 0 Å². The number of nitrogens with two attached hydrogens (primary N) is 1. The number of nitrogens with zero attached hydrogens (tertiary/aromatic N) is 1. The van der Waals surface area contributed by atoms with Crippen LogP contribution in [0.4, 0.5) is 5.69 Å². The number of aromatic carboxylic acids is 1. The van der Waals surface area contributed by atoms with Crippen LogP contribution in [0.2, 0.25) is 0 Å². The lowest BCUT2D eigenvalue weighted by Gasteiger charge is -2.35. The fourth-order valence-corrected chi connectivity index (χ4v) is 2.18. The minimum Gasteiger partial charge on any atom is -0.489 e. The maximum Gasteiger partial charge on any atom is 0.339 e. The number of ether oxygens (including phenoxy) is 1. The SMILES string of the molecule is CC(C)(C)C(N)C(=O)N1CCOc2c(C(=O)O)cccc21. The number of rotatable bonds is 2. The standard InChI is InChI=1S/C15H20N2O4/c1-15(2,3)12(16)13(18)17-7-8-21-11-9(14(19)20)5-4-6-10(11)17/h4-6,12H,7-8,16H2,1-3H3,(H,19,20). The Morgan fingerprint density at radius 1 is 1.38 bits per heavy atom. The summed E-state index contributed by atoms with van der Waals surface area (Å²) in [6.45, 7) is 6.29. The Morgan fingerprint density at radius 2 is 2.05 bits per heavy atom. The van der Waals surface area contributed by atoms with E-state index < -0.39 is 12.0 Å². The van der Waals surface area contributed by atoms with Crippen LogP contribution in [0.15, 0.2) is 18.2 Å². The van der Waals surface area contributed by atoms with Crippen LogP contribution < -0.4 is 15.4 Å². The van der Waals surface area contributed by atoms with Crippen molar-refractivity contribution in [2.75, 3.05) is 18.1 Å². The molecule has 1 heterocycles. The quantitative estimate of drug-likeness (QED) is 0.861. The number of amides is 1. The van der Waals surface area contributed by atoms with Gasteiger partial charge in [-0.05, 0) is 17.5 Å². The number of fused-ring (bicyclic) bond motifs is 1. The highest BCUT2D eigenvalue weighted by Gasteiger charge is 2.35. The molecule has 0 saturated heterocycles. The summed E-state index contributed by atoms with van der Waals surface area (Å²) in [7, 11) is 0. The predicted octanol–water partition coefficient (Wildman–Crippen LogP) is 1.48. The molecular weight excluding hydrogens is 272 g/mol. The fourth-order valence-electron chi connectivity index (χ4n) is 2.18. The van der Waals surface area contributed by atoms with Crippen LogP contribution >= 0.6 is 0 Å². The number of carbonyl (C=O) groups is 2. The summed E-state index contributed by atoms with van der Waals surface area (Å²) in [5, 5.41) is 9.20.